The third-order valence-corrected chi connectivity index (χ3v) is 2.07. The Bertz CT molecular complexity index is 402. The number of para-hydroxylation sites is 1. The van der Waals surface area contributed by atoms with Crippen LogP contribution in [0.1, 0.15) is 17.3 Å². The van der Waals surface area contributed by atoms with Crippen LogP contribution in [0.2, 0.25) is 0 Å². The molecule has 0 fully saturated rings. The van der Waals surface area contributed by atoms with Crippen molar-refractivity contribution < 1.29 is 9.59 Å². The number of amides is 1. The largest absolute Gasteiger partial charge is 0.324 e. The Balaban J connectivity index is 3.00. The van der Waals surface area contributed by atoms with Gasteiger partial charge < -0.3 is 16.8 Å². The average Bonchev–Trinajstić information content (AvgIpc) is 2.28. The molecule has 1 amide bonds. The predicted molar refractivity (Wildman–Crippen MR) is 62.1 cm³/mol. The van der Waals surface area contributed by atoms with Crippen molar-refractivity contribution in [2.75, 3.05) is 11.9 Å². The molecule has 1 rings (SSSR count). The van der Waals surface area contributed by atoms with Crippen LogP contribution in [0.5, 0.6) is 0 Å². The number of benzene rings is 1. The third kappa shape index (κ3) is 2.88. The van der Waals surface area contributed by atoms with Crippen LogP contribution in [0.25, 0.3) is 0 Å². The topological polar surface area (TPSA) is 98.2 Å². The number of nitrogens with one attached hydrogen (secondary N) is 1. The van der Waals surface area contributed by atoms with Crippen molar-refractivity contribution in [1.29, 1.82) is 0 Å². The summed E-state index contributed by atoms with van der Waals surface area (Å²) in [5, 5.41) is 2.56. The maximum Gasteiger partial charge on any atom is 0.238 e. The fraction of sp³-hybridized carbons (Fsp3) is 0.273. The second-order valence-electron chi connectivity index (χ2n) is 3.45. The van der Waals surface area contributed by atoms with Crippen molar-refractivity contribution in [3.63, 3.8) is 0 Å². The Kier molecular flexibility index (Phi) is 4.16. The average molecular weight is 221 g/mol. The van der Waals surface area contributed by atoms with Gasteiger partial charge in [0.05, 0.1) is 18.3 Å². The Labute approximate surface area is 93.8 Å². The molecular formula is C11H15N3O2. The van der Waals surface area contributed by atoms with Gasteiger partial charge in [-0.15, -0.1) is 0 Å². The maximum absolute atomic E-state index is 11.7. The van der Waals surface area contributed by atoms with Crippen LogP contribution in [0.15, 0.2) is 24.3 Å². The molecule has 5 N–H and O–H groups in total. The van der Waals surface area contributed by atoms with Crippen molar-refractivity contribution in [3.05, 3.63) is 29.8 Å². The Morgan fingerprint density at radius 3 is 2.56 bits per heavy atom. The molecule has 0 bridgehead atoms. The highest BCUT2D eigenvalue weighted by atomic mass is 16.2. The molecule has 0 aliphatic carbocycles. The van der Waals surface area contributed by atoms with E-state index >= 15 is 0 Å². The first-order valence-corrected chi connectivity index (χ1v) is 4.95. The summed E-state index contributed by atoms with van der Waals surface area (Å²) in [5.74, 6) is -0.558. The highest BCUT2D eigenvalue weighted by Crippen LogP contribution is 2.16. The van der Waals surface area contributed by atoms with E-state index in [1.54, 1.807) is 31.2 Å². The second kappa shape index (κ2) is 5.39. The number of Topliss-reactive ketones (excluding diaryl/α,β-unsaturated/α-hetero) is 1. The molecule has 0 heterocycles. The van der Waals surface area contributed by atoms with E-state index in [9.17, 15) is 9.59 Å². The summed E-state index contributed by atoms with van der Waals surface area (Å²) in [6.07, 6.45) is 0. The van der Waals surface area contributed by atoms with Crippen molar-refractivity contribution in [2.45, 2.75) is 13.0 Å². The Hall–Kier alpha value is -1.72. The normalized spacial score (nSPS) is 11.9. The van der Waals surface area contributed by atoms with Crippen LogP contribution in [-0.4, -0.2) is 24.3 Å². The second-order valence-corrected chi connectivity index (χ2v) is 3.45. The molecule has 1 aromatic rings. The van der Waals surface area contributed by atoms with E-state index in [0.717, 1.165) is 0 Å². The first-order valence-electron chi connectivity index (χ1n) is 4.95. The summed E-state index contributed by atoms with van der Waals surface area (Å²) in [6.45, 7) is 1.48. The highest BCUT2D eigenvalue weighted by Gasteiger charge is 2.15. The SMILES string of the molecule is C[C@H](N)C(=O)c1ccccc1NC(=O)CN. The quantitative estimate of drug-likeness (QED) is 0.628. The van der Waals surface area contributed by atoms with Gasteiger partial charge in [0.15, 0.2) is 5.78 Å². The lowest BCUT2D eigenvalue weighted by Crippen LogP contribution is -2.29. The Morgan fingerprint density at radius 1 is 1.38 bits per heavy atom. The number of hydrogen-bond donors (Lipinski definition) is 3. The summed E-state index contributed by atoms with van der Waals surface area (Å²) < 4.78 is 0. The van der Waals surface area contributed by atoms with Crippen LogP contribution in [0, 0.1) is 0 Å². The fourth-order valence-electron chi connectivity index (χ4n) is 1.25. The number of anilines is 1. The smallest absolute Gasteiger partial charge is 0.238 e. The lowest BCUT2D eigenvalue weighted by Gasteiger charge is -2.11. The van der Waals surface area contributed by atoms with E-state index in [2.05, 4.69) is 5.32 Å². The molecule has 0 aliphatic heterocycles. The molecule has 0 aliphatic rings. The van der Waals surface area contributed by atoms with Gasteiger partial charge >= 0.3 is 0 Å². The summed E-state index contributed by atoms with van der Waals surface area (Å²) in [6, 6.07) is 6.11. The van der Waals surface area contributed by atoms with Crippen LogP contribution < -0.4 is 16.8 Å². The van der Waals surface area contributed by atoms with Gasteiger partial charge in [-0.1, -0.05) is 12.1 Å². The number of carbonyl (C=O) groups is 2. The van der Waals surface area contributed by atoms with Gasteiger partial charge in [-0.2, -0.15) is 0 Å². The van der Waals surface area contributed by atoms with Gasteiger partial charge in [0.2, 0.25) is 5.91 Å². The first-order chi connectivity index (χ1) is 7.56. The summed E-state index contributed by atoms with van der Waals surface area (Å²) in [5.41, 5.74) is 11.5. The molecule has 0 saturated heterocycles. The first kappa shape index (κ1) is 12.4. The van der Waals surface area contributed by atoms with E-state index < -0.39 is 6.04 Å². The van der Waals surface area contributed by atoms with Gasteiger partial charge in [0, 0.05) is 5.56 Å². The van der Waals surface area contributed by atoms with Gasteiger partial charge in [-0.3, -0.25) is 9.59 Å². The molecule has 5 nitrogen and oxygen atoms in total. The number of nitrogens with two attached hydrogens (primary N) is 2. The lowest BCUT2D eigenvalue weighted by atomic mass is 10.0. The van der Waals surface area contributed by atoms with E-state index in [1.807, 2.05) is 0 Å². The van der Waals surface area contributed by atoms with Crippen molar-refractivity contribution in [1.82, 2.24) is 0 Å². The third-order valence-electron chi connectivity index (χ3n) is 2.07. The molecule has 1 atom stereocenters. The summed E-state index contributed by atoms with van der Waals surface area (Å²) >= 11 is 0. The molecule has 0 unspecified atom stereocenters. The summed E-state index contributed by atoms with van der Waals surface area (Å²) in [4.78, 5) is 22.9. The molecule has 0 aromatic heterocycles. The molecule has 5 heteroatoms. The molecule has 86 valence electrons. The van der Waals surface area contributed by atoms with Crippen LogP contribution in [0.4, 0.5) is 5.69 Å². The highest BCUT2D eigenvalue weighted by molar-refractivity contribution is 6.07. The minimum atomic E-state index is -0.601. The number of rotatable bonds is 4. The standard InChI is InChI=1S/C11H15N3O2/c1-7(13)11(16)8-4-2-3-5-9(8)14-10(15)6-12/h2-5,7H,6,12-13H2,1H3,(H,14,15)/t7-/m0/s1. The molecule has 0 spiro atoms. The predicted octanol–water partition coefficient (Wildman–Crippen LogP) is 0.114. The van der Waals surface area contributed by atoms with Crippen molar-refractivity contribution in [3.8, 4) is 0 Å². The van der Waals surface area contributed by atoms with Crippen molar-refractivity contribution >= 4 is 17.4 Å². The van der Waals surface area contributed by atoms with E-state index in [-0.39, 0.29) is 18.2 Å². The maximum atomic E-state index is 11.7. The van der Waals surface area contributed by atoms with Crippen LogP contribution in [0.3, 0.4) is 0 Å². The van der Waals surface area contributed by atoms with E-state index in [0.29, 0.717) is 11.3 Å². The van der Waals surface area contributed by atoms with Gasteiger partial charge in [0.1, 0.15) is 0 Å². The Morgan fingerprint density at radius 2 is 2.00 bits per heavy atom. The zero-order valence-electron chi connectivity index (χ0n) is 9.07. The number of carbonyl (C=O) groups excluding carboxylic acids is 2. The van der Waals surface area contributed by atoms with Crippen LogP contribution in [-0.2, 0) is 4.79 Å². The zero-order valence-corrected chi connectivity index (χ0v) is 9.07. The number of ketones is 1. The molecule has 0 radical (unpaired) electrons. The summed E-state index contributed by atoms with van der Waals surface area (Å²) in [7, 11) is 0. The molecule has 0 saturated carbocycles. The van der Waals surface area contributed by atoms with Gasteiger partial charge in [0.25, 0.3) is 0 Å². The fourth-order valence-corrected chi connectivity index (χ4v) is 1.25. The van der Waals surface area contributed by atoms with Crippen LogP contribution >= 0.6 is 0 Å². The van der Waals surface area contributed by atoms with Gasteiger partial charge in [-0.25, -0.2) is 0 Å². The molecule has 1 aromatic carbocycles. The van der Waals surface area contributed by atoms with E-state index in [1.165, 1.54) is 0 Å². The molecule has 16 heavy (non-hydrogen) atoms. The molecular weight excluding hydrogens is 206 g/mol. The minimum Gasteiger partial charge on any atom is -0.324 e. The lowest BCUT2D eigenvalue weighted by molar-refractivity contribution is -0.114. The van der Waals surface area contributed by atoms with Crippen molar-refractivity contribution in [2.24, 2.45) is 11.5 Å². The number of hydrogen-bond acceptors (Lipinski definition) is 4. The zero-order chi connectivity index (χ0) is 12.1. The van der Waals surface area contributed by atoms with E-state index in [4.69, 9.17) is 11.5 Å². The van der Waals surface area contributed by atoms with Gasteiger partial charge in [-0.05, 0) is 19.1 Å². The monoisotopic (exact) mass is 221 g/mol. The minimum absolute atomic E-state index is 0.124.